The van der Waals surface area contributed by atoms with Crippen LogP contribution in [0.1, 0.15) is 81.5 Å². The van der Waals surface area contributed by atoms with Gasteiger partial charge in [0.15, 0.2) is 0 Å². The van der Waals surface area contributed by atoms with Gasteiger partial charge in [0.05, 0.1) is 24.9 Å². The van der Waals surface area contributed by atoms with Crippen LogP contribution in [-0.4, -0.2) is 34.5 Å². The molecule has 4 rings (SSSR count). The highest BCUT2D eigenvalue weighted by atomic mass is 16.5. The first-order valence-corrected chi connectivity index (χ1v) is 11.0. The van der Waals surface area contributed by atoms with Crippen molar-refractivity contribution in [1.29, 1.82) is 0 Å². The molecule has 3 aliphatic rings. The van der Waals surface area contributed by atoms with E-state index in [4.69, 9.17) is 4.74 Å². The second kappa shape index (κ2) is 9.07. The lowest BCUT2D eigenvalue weighted by Crippen LogP contribution is -2.47. The van der Waals surface area contributed by atoms with Crippen molar-refractivity contribution in [2.45, 2.75) is 95.4 Å². The molecule has 154 valence electrons. The lowest BCUT2D eigenvalue weighted by molar-refractivity contribution is 0.107. The zero-order valence-electron chi connectivity index (χ0n) is 16.6. The fourth-order valence-electron chi connectivity index (χ4n) is 4.79. The molecule has 0 unspecified atom stereocenters. The summed E-state index contributed by atoms with van der Waals surface area (Å²) in [7, 11) is 0. The summed E-state index contributed by atoms with van der Waals surface area (Å²) in [5.74, 6) is 0. The fraction of sp³-hybridized carbons (Fsp3) is 0.762. The van der Waals surface area contributed by atoms with E-state index in [2.05, 4.69) is 15.7 Å². The number of hydrogen-bond donors (Lipinski definition) is 2. The summed E-state index contributed by atoms with van der Waals surface area (Å²) in [5.41, 5.74) is 1.89. The molecular formula is C21H32N4O3. The Morgan fingerprint density at radius 2 is 1.68 bits per heavy atom. The monoisotopic (exact) mass is 388 g/mol. The molecule has 7 nitrogen and oxygen atoms in total. The van der Waals surface area contributed by atoms with Crippen LogP contribution in [0, 0.1) is 0 Å². The van der Waals surface area contributed by atoms with E-state index in [1.807, 2.05) is 0 Å². The Morgan fingerprint density at radius 1 is 1.00 bits per heavy atom. The molecule has 0 aromatic carbocycles. The number of ether oxygens (including phenoxy) is 1. The molecule has 0 saturated heterocycles. The third-order valence-electron chi connectivity index (χ3n) is 6.43. The van der Waals surface area contributed by atoms with Gasteiger partial charge in [-0.1, -0.05) is 25.7 Å². The van der Waals surface area contributed by atoms with E-state index in [-0.39, 0.29) is 23.7 Å². The molecule has 1 aromatic rings. The summed E-state index contributed by atoms with van der Waals surface area (Å²) in [6.07, 6.45) is 11.5. The van der Waals surface area contributed by atoms with Crippen LogP contribution in [-0.2, 0) is 17.8 Å². The highest BCUT2D eigenvalue weighted by Crippen LogP contribution is 2.27. The average Bonchev–Trinajstić information content (AvgIpc) is 2.97. The molecule has 1 aromatic heterocycles. The van der Waals surface area contributed by atoms with Crippen LogP contribution in [0.15, 0.2) is 10.9 Å². The standard InChI is InChI=1S/C21H32N4O3/c26-20-13-15-14-28-12-11-19(15)24-25(20)18-9-7-17(8-10-18)23-21(27)22-16-5-3-1-2-4-6-16/h13,16-18H,1-12,14H2,(H2,22,23,27). The van der Waals surface area contributed by atoms with Gasteiger partial charge >= 0.3 is 6.03 Å². The topological polar surface area (TPSA) is 85.3 Å². The van der Waals surface area contributed by atoms with Crippen molar-refractivity contribution in [2.75, 3.05) is 6.61 Å². The van der Waals surface area contributed by atoms with Gasteiger partial charge in [0.25, 0.3) is 5.56 Å². The average molecular weight is 389 g/mol. The first-order valence-electron chi connectivity index (χ1n) is 11.0. The van der Waals surface area contributed by atoms with Gasteiger partial charge in [0, 0.05) is 30.1 Å². The van der Waals surface area contributed by atoms with Gasteiger partial charge < -0.3 is 15.4 Å². The molecular weight excluding hydrogens is 356 g/mol. The van der Waals surface area contributed by atoms with Crippen LogP contribution >= 0.6 is 0 Å². The Kier molecular flexibility index (Phi) is 6.29. The van der Waals surface area contributed by atoms with Crippen molar-refractivity contribution < 1.29 is 9.53 Å². The number of nitrogens with one attached hydrogen (secondary N) is 2. The highest BCUT2D eigenvalue weighted by molar-refractivity contribution is 5.74. The zero-order chi connectivity index (χ0) is 19.3. The smallest absolute Gasteiger partial charge is 0.315 e. The van der Waals surface area contributed by atoms with Crippen molar-refractivity contribution >= 4 is 6.03 Å². The molecule has 0 spiro atoms. The Bertz CT molecular complexity index is 732. The number of carbonyl (C=O) groups excluding carboxylic acids is 1. The predicted molar refractivity (Wildman–Crippen MR) is 106 cm³/mol. The molecule has 0 atom stereocenters. The summed E-state index contributed by atoms with van der Waals surface area (Å²) >= 11 is 0. The minimum Gasteiger partial charge on any atom is -0.376 e. The number of nitrogens with zero attached hydrogens (tertiary/aromatic N) is 2. The van der Waals surface area contributed by atoms with Crippen LogP contribution in [0.4, 0.5) is 4.79 Å². The van der Waals surface area contributed by atoms with Crippen LogP contribution in [0.2, 0.25) is 0 Å². The summed E-state index contributed by atoms with van der Waals surface area (Å²) in [6.45, 7) is 1.16. The van der Waals surface area contributed by atoms with Crippen LogP contribution < -0.4 is 16.2 Å². The van der Waals surface area contributed by atoms with Crippen molar-refractivity contribution in [2.24, 2.45) is 0 Å². The van der Waals surface area contributed by atoms with Crippen molar-refractivity contribution in [3.8, 4) is 0 Å². The number of aromatic nitrogens is 2. The number of rotatable bonds is 3. The van der Waals surface area contributed by atoms with E-state index in [1.165, 1.54) is 25.7 Å². The molecule has 2 fully saturated rings. The molecule has 28 heavy (non-hydrogen) atoms. The van der Waals surface area contributed by atoms with Crippen molar-refractivity contribution in [3.63, 3.8) is 0 Å². The first-order chi connectivity index (χ1) is 13.7. The molecule has 0 bridgehead atoms. The summed E-state index contributed by atoms with van der Waals surface area (Å²) in [6, 6.07) is 2.29. The van der Waals surface area contributed by atoms with Gasteiger partial charge in [0.1, 0.15) is 0 Å². The first kappa shape index (κ1) is 19.4. The number of carbonyl (C=O) groups is 1. The normalized spacial score (nSPS) is 26.1. The molecule has 2 saturated carbocycles. The lowest BCUT2D eigenvalue weighted by atomic mass is 9.91. The molecule has 2 aliphatic carbocycles. The van der Waals surface area contributed by atoms with E-state index in [0.717, 1.165) is 56.2 Å². The number of urea groups is 1. The van der Waals surface area contributed by atoms with Crippen molar-refractivity contribution in [1.82, 2.24) is 20.4 Å². The minimum absolute atomic E-state index is 0.0283. The summed E-state index contributed by atoms with van der Waals surface area (Å²) in [4.78, 5) is 24.8. The fourth-order valence-corrected chi connectivity index (χ4v) is 4.79. The van der Waals surface area contributed by atoms with Gasteiger partial charge in [-0.25, -0.2) is 9.48 Å². The van der Waals surface area contributed by atoms with Gasteiger partial charge in [0.2, 0.25) is 0 Å². The maximum Gasteiger partial charge on any atom is 0.315 e. The third-order valence-corrected chi connectivity index (χ3v) is 6.43. The predicted octanol–water partition coefficient (Wildman–Crippen LogP) is 2.82. The number of hydrogen-bond acceptors (Lipinski definition) is 4. The molecule has 0 radical (unpaired) electrons. The Labute approximate surface area is 166 Å². The molecule has 1 aliphatic heterocycles. The van der Waals surface area contributed by atoms with Gasteiger partial charge in [-0.05, 0) is 38.5 Å². The van der Waals surface area contributed by atoms with E-state index in [9.17, 15) is 9.59 Å². The maximum absolute atomic E-state index is 12.5. The largest absolute Gasteiger partial charge is 0.376 e. The van der Waals surface area contributed by atoms with Crippen LogP contribution in [0.3, 0.4) is 0 Å². The number of fused-ring (bicyclic) bond motifs is 1. The third kappa shape index (κ3) is 4.74. The van der Waals surface area contributed by atoms with E-state index >= 15 is 0 Å². The molecule has 2 heterocycles. The molecule has 2 N–H and O–H groups in total. The Hall–Kier alpha value is -1.89. The van der Waals surface area contributed by atoms with Gasteiger partial charge in [-0.15, -0.1) is 0 Å². The van der Waals surface area contributed by atoms with E-state index < -0.39 is 0 Å². The second-order valence-electron chi connectivity index (χ2n) is 8.51. The van der Waals surface area contributed by atoms with Crippen LogP contribution in [0.25, 0.3) is 0 Å². The molecule has 2 amide bonds. The number of amides is 2. The maximum atomic E-state index is 12.5. The highest BCUT2D eigenvalue weighted by Gasteiger charge is 2.26. The van der Waals surface area contributed by atoms with Gasteiger partial charge in [-0.3, -0.25) is 4.79 Å². The minimum atomic E-state index is -0.0354. The van der Waals surface area contributed by atoms with E-state index in [1.54, 1.807) is 10.7 Å². The van der Waals surface area contributed by atoms with E-state index in [0.29, 0.717) is 19.3 Å². The zero-order valence-corrected chi connectivity index (χ0v) is 16.6. The van der Waals surface area contributed by atoms with Gasteiger partial charge in [-0.2, -0.15) is 5.10 Å². The SMILES string of the molecule is O=C(NC1CCCCCC1)NC1CCC(n2nc3c(cc2=O)COCC3)CC1. The lowest BCUT2D eigenvalue weighted by Gasteiger charge is -2.30. The molecule has 7 heteroatoms. The Morgan fingerprint density at radius 3 is 2.39 bits per heavy atom. The van der Waals surface area contributed by atoms with Crippen LogP contribution in [0.5, 0.6) is 0 Å². The second-order valence-corrected chi connectivity index (χ2v) is 8.51. The summed E-state index contributed by atoms with van der Waals surface area (Å²) < 4.78 is 7.09. The summed E-state index contributed by atoms with van der Waals surface area (Å²) in [5, 5.41) is 10.9. The quantitative estimate of drug-likeness (QED) is 0.780. The Balaban J connectivity index is 1.29. The van der Waals surface area contributed by atoms with Crippen molar-refractivity contribution in [3.05, 3.63) is 27.7 Å².